The van der Waals surface area contributed by atoms with Gasteiger partial charge in [-0.1, -0.05) is 30.3 Å². The van der Waals surface area contributed by atoms with Gasteiger partial charge < -0.3 is 4.74 Å². The van der Waals surface area contributed by atoms with Crippen LogP contribution in [-0.2, 0) is 22.4 Å². The van der Waals surface area contributed by atoms with E-state index in [2.05, 4.69) is 9.97 Å². The Morgan fingerprint density at radius 1 is 1.29 bits per heavy atom. The van der Waals surface area contributed by atoms with E-state index in [1.54, 1.807) is 11.8 Å². The highest BCUT2D eigenvalue weighted by molar-refractivity contribution is 7.99. The first kappa shape index (κ1) is 14.1. The third-order valence-corrected chi connectivity index (χ3v) is 4.31. The summed E-state index contributed by atoms with van der Waals surface area (Å²) < 4.78 is 5.05. The molecule has 1 aromatic heterocycles. The van der Waals surface area contributed by atoms with Crippen molar-refractivity contribution in [3.05, 3.63) is 41.6 Å². The van der Waals surface area contributed by atoms with Gasteiger partial charge in [0.05, 0.1) is 18.7 Å². The van der Waals surface area contributed by atoms with Gasteiger partial charge in [0.2, 0.25) is 0 Å². The molecule has 1 aliphatic heterocycles. The van der Waals surface area contributed by atoms with Gasteiger partial charge >= 0.3 is 5.97 Å². The van der Waals surface area contributed by atoms with Crippen LogP contribution in [0.5, 0.6) is 0 Å². The molecule has 0 saturated carbocycles. The second-order valence-corrected chi connectivity index (χ2v) is 5.81. The lowest BCUT2D eigenvalue weighted by atomic mass is 10.1. The van der Waals surface area contributed by atoms with Gasteiger partial charge in [-0.3, -0.25) is 4.79 Å². The van der Waals surface area contributed by atoms with Crippen molar-refractivity contribution in [2.24, 2.45) is 0 Å². The predicted molar refractivity (Wildman–Crippen MR) is 82.2 cm³/mol. The Morgan fingerprint density at radius 2 is 2.10 bits per heavy atom. The van der Waals surface area contributed by atoms with Crippen LogP contribution in [0, 0.1) is 0 Å². The summed E-state index contributed by atoms with van der Waals surface area (Å²) in [4.78, 5) is 21.0. The summed E-state index contributed by atoms with van der Waals surface area (Å²) in [6, 6.07) is 9.85. The number of ether oxygens (including phenoxy) is 1. The van der Waals surface area contributed by atoms with Gasteiger partial charge in [-0.2, -0.15) is 0 Å². The zero-order valence-electron chi connectivity index (χ0n) is 11.8. The molecule has 0 fully saturated rings. The molecule has 21 heavy (non-hydrogen) atoms. The smallest absolute Gasteiger partial charge is 0.311 e. The fourth-order valence-electron chi connectivity index (χ4n) is 2.34. The van der Waals surface area contributed by atoms with E-state index in [0.29, 0.717) is 12.4 Å². The molecule has 2 aromatic rings. The normalized spacial score (nSPS) is 13.0. The number of fused-ring (bicyclic) bond motifs is 1. The van der Waals surface area contributed by atoms with E-state index in [1.165, 1.54) is 0 Å². The minimum atomic E-state index is -0.227. The topological polar surface area (TPSA) is 52.1 Å². The van der Waals surface area contributed by atoms with E-state index in [1.807, 2.05) is 37.3 Å². The van der Waals surface area contributed by atoms with Crippen molar-refractivity contribution in [1.29, 1.82) is 0 Å². The Hall–Kier alpha value is -1.88. The number of carbonyl (C=O) groups excluding carboxylic acids is 1. The zero-order chi connectivity index (χ0) is 14.7. The largest absolute Gasteiger partial charge is 0.466 e. The van der Waals surface area contributed by atoms with Gasteiger partial charge in [-0.15, -0.1) is 11.8 Å². The van der Waals surface area contributed by atoms with Crippen molar-refractivity contribution in [1.82, 2.24) is 9.97 Å². The molecule has 0 bridgehead atoms. The molecule has 0 saturated heterocycles. The lowest BCUT2D eigenvalue weighted by Crippen LogP contribution is -2.12. The summed E-state index contributed by atoms with van der Waals surface area (Å²) in [6.45, 7) is 2.21. The van der Waals surface area contributed by atoms with E-state index < -0.39 is 0 Å². The zero-order valence-corrected chi connectivity index (χ0v) is 12.7. The van der Waals surface area contributed by atoms with Crippen molar-refractivity contribution in [3.8, 4) is 11.4 Å². The fourth-order valence-corrected chi connectivity index (χ4v) is 3.38. The number of thioether (sulfide) groups is 1. The molecule has 5 heteroatoms. The highest BCUT2D eigenvalue weighted by Gasteiger charge is 2.22. The van der Waals surface area contributed by atoms with E-state index in [4.69, 9.17) is 4.74 Å². The lowest BCUT2D eigenvalue weighted by molar-refractivity contribution is -0.142. The van der Waals surface area contributed by atoms with E-state index in [0.717, 1.165) is 34.0 Å². The average molecular weight is 300 g/mol. The Kier molecular flexibility index (Phi) is 4.20. The molecular weight excluding hydrogens is 284 g/mol. The van der Waals surface area contributed by atoms with Crippen molar-refractivity contribution in [3.63, 3.8) is 0 Å². The number of nitrogens with zero attached hydrogens (tertiary/aromatic N) is 2. The van der Waals surface area contributed by atoms with Crippen molar-refractivity contribution in [2.45, 2.75) is 24.8 Å². The van der Waals surface area contributed by atoms with Gasteiger partial charge in [-0.25, -0.2) is 9.97 Å². The highest BCUT2D eigenvalue weighted by atomic mass is 32.2. The minimum absolute atomic E-state index is 0.221. The molecule has 0 aliphatic carbocycles. The van der Waals surface area contributed by atoms with Crippen LogP contribution in [0.3, 0.4) is 0 Å². The molecule has 1 aromatic carbocycles. The van der Waals surface area contributed by atoms with E-state index >= 15 is 0 Å². The second kappa shape index (κ2) is 6.26. The highest BCUT2D eigenvalue weighted by Crippen LogP contribution is 2.33. The number of carbonyl (C=O) groups is 1. The van der Waals surface area contributed by atoms with Crippen LogP contribution in [0.1, 0.15) is 18.2 Å². The van der Waals surface area contributed by atoms with Gasteiger partial charge in [0.1, 0.15) is 5.03 Å². The molecule has 0 spiro atoms. The van der Waals surface area contributed by atoms with E-state index in [9.17, 15) is 4.79 Å². The molecule has 1 aliphatic rings. The van der Waals surface area contributed by atoms with Crippen LogP contribution in [0.2, 0.25) is 0 Å². The Balaban J connectivity index is 1.99. The van der Waals surface area contributed by atoms with Gasteiger partial charge in [-0.05, 0) is 13.3 Å². The number of aromatic nitrogens is 2. The monoisotopic (exact) mass is 300 g/mol. The number of hydrogen-bond acceptors (Lipinski definition) is 5. The van der Waals surface area contributed by atoms with Crippen LogP contribution in [0.15, 0.2) is 35.4 Å². The lowest BCUT2D eigenvalue weighted by Gasteiger charge is -2.09. The van der Waals surface area contributed by atoms with Crippen molar-refractivity contribution < 1.29 is 9.53 Å². The van der Waals surface area contributed by atoms with Crippen LogP contribution in [0.4, 0.5) is 0 Å². The third kappa shape index (κ3) is 3.08. The number of benzene rings is 1. The van der Waals surface area contributed by atoms with Crippen LogP contribution >= 0.6 is 11.8 Å². The van der Waals surface area contributed by atoms with Gasteiger partial charge in [0.25, 0.3) is 0 Å². The predicted octanol–water partition coefficient (Wildman–Crippen LogP) is 2.90. The Bertz CT molecular complexity index is 659. The number of rotatable bonds is 4. The van der Waals surface area contributed by atoms with Crippen molar-refractivity contribution in [2.75, 3.05) is 12.4 Å². The number of esters is 1. The maximum Gasteiger partial charge on any atom is 0.311 e. The van der Waals surface area contributed by atoms with Crippen LogP contribution < -0.4 is 0 Å². The first-order valence-corrected chi connectivity index (χ1v) is 8.00. The number of hydrogen-bond donors (Lipinski definition) is 0. The summed E-state index contributed by atoms with van der Waals surface area (Å²) in [5, 5.41) is 1.00. The summed E-state index contributed by atoms with van der Waals surface area (Å²) in [6.07, 6.45) is 1.14. The van der Waals surface area contributed by atoms with Crippen molar-refractivity contribution >= 4 is 17.7 Å². The quantitative estimate of drug-likeness (QED) is 0.642. The second-order valence-electron chi connectivity index (χ2n) is 4.72. The molecular formula is C16H16N2O2S. The molecule has 3 rings (SSSR count). The van der Waals surface area contributed by atoms with Gasteiger partial charge in [0, 0.05) is 16.9 Å². The first-order valence-electron chi connectivity index (χ1n) is 7.01. The van der Waals surface area contributed by atoms with E-state index in [-0.39, 0.29) is 12.4 Å². The first-order chi connectivity index (χ1) is 10.3. The molecule has 0 amide bonds. The average Bonchev–Trinajstić information content (AvgIpc) is 2.97. The molecule has 0 atom stereocenters. The SMILES string of the molecule is CCOC(=O)Cc1nc(-c2ccccc2)nc2c1CCS2. The van der Waals surface area contributed by atoms with Crippen LogP contribution in [-0.4, -0.2) is 28.3 Å². The minimum Gasteiger partial charge on any atom is -0.466 e. The summed E-state index contributed by atoms with van der Waals surface area (Å²) in [5.41, 5.74) is 2.88. The summed E-state index contributed by atoms with van der Waals surface area (Å²) in [7, 11) is 0. The van der Waals surface area contributed by atoms with Crippen LogP contribution in [0.25, 0.3) is 11.4 Å². The standard InChI is InChI=1S/C16H16N2O2S/c1-2-20-14(19)10-13-12-8-9-21-16(12)18-15(17-13)11-6-4-3-5-7-11/h3-7H,2,8-10H2,1H3. The maximum absolute atomic E-state index is 11.8. The Morgan fingerprint density at radius 3 is 2.86 bits per heavy atom. The summed E-state index contributed by atoms with van der Waals surface area (Å²) >= 11 is 1.73. The molecule has 2 heterocycles. The Labute approximate surface area is 128 Å². The third-order valence-electron chi connectivity index (χ3n) is 3.29. The molecule has 4 nitrogen and oxygen atoms in total. The maximum atomic E-state index is 11.8. The summed E-state index contributed by atoms with van der Waals surface area (Å²) in [5.74, 6) is 1.45. The molecule has 0 N–H and O–H groups in total. The molecule has 108 valence electrons. The molecule has 0 unspecified atom stereocenters. The fraction of sp³-hybridized carbons (Fsp3) is 0.312. The van der Waals surface area contributed by atoms with Gasteiger partial charge in [0.15, 0.2) is 5.82 Å². The molecule has 0 radical (unpaired) electrons.